The number of hydrogen-bond donors (Lipinski definition) is 1. The molecule has 3 rings (SSSR count). The molecule has 8 nitrogen and oxygen atoms in total. The van der Waals surface area contributed by atoms with Crippen LogP contribution in [0.15, 0.2) is 18.2 Å². The van der Waals surface area contributed by atoms with Crippen LogP contribution in [-0.4, -0.2) is 45.2 Å². The Morgan fingerprint density at radius 3 is 2.79 bits per heavy atom. The monoisotopic (exact) mass is 355 g/mol. The Morgan fingerprint density at radius 2 is 2.04 bits per heavy atom. The van der Waals surface area contributed by atoms with E-state index in [4.69, 9.17) is 14.2 Å². The molecule has 0 aliphatic carbocycles. The molecule has 0 saturated carbocycles. The minimum atomic E-state index is -3.03. The number of carbonyl (C=O) groups is 2. The van der Waals surface area contributed by atoms with Crippen molar-refractivity contribution < 1.29 is 32.2 Å². The molecule has 1 aromatic rings. The molecule has 2 aliphatic rings. The smallest absolute Gasteiger partial charge is 0.306 e. The SMILES string of the molecule is O=C(COC(=O)C[C@@H]1CCS(=O)(=O)C1)Nc1ccc2c(c1)OCO2. The lowest BCUT2D eigenvalue weighted by Gasteiger charge is -2.09. The zero-order valence-corrected chi connectivity index (χ0v) is 13.6. The number of nitrogens with one attached hydrogen (secondary N) is 1. The molecule has 0 unspecified atom stereocenters. The maximum atomic E-state index is 11.8. The molecular formula is C15H17NO7S. The first-order chi connectivity index (χ1) is 11.4. The van der Waals surface area contributed by atoms with E-state index in [0.29, 0.717) is 23.6 Å². The number of amides is 1. The predicted molar refractivity (Wildman–Crippen MR) is 83.5 cm³/mol. The van der Waals surface area contributed by atoms with Crippen molar-refractivity contribution >= 4 is 27.4 Å². The van der Waals surface area contributed by atoms with Gasteiger partial charge in [-0.15, -0.1) is 0 Å². The predicted octanol–water partition coefficient (Wildman–Crippen LogP) is 0.722. The van der Waals surface area contributed by atoms with Gasteiger partial charge in [-0.05, 0) is 24.5 Å². The van der Waals surface area contributed by atoms with Gasteiger partial charge in [0.2, 0.25) is 6.79 Å². The van der Waals surface area contributed by atoms with Crippen LogP contribution in [0.4, 0.5) is 5.69 Å². The molecule has 24 heavy (non-hydrogen) atoms. The van der Waals surface area contributed by atoms with Gasteiger partial charge in [-0.2, -0.15) is 0 Å². The van der Waals surface area contributed by atoms with Crippen molar-refractivity contribution in [2.75, 3.05) is 30.2 Å². The normalized spacial score (nSPS) is 20.6. The molecule has 9 heteroatoms. The van der Waals surface area contributed by atoms with Crippen molar-refractivity contribution in [1.29, 1.82) is 0 Å². The van der Waals surface area contributed by atoms with Crippen LogP contribution in [0.25, 0.3) is 0 Å². The highest BCUT2D eigenvalue weighted by Crippen LogP contribution is 2.34. The van der Waals surface area contributed by atoms with E-state index >= 15 is 0 Å². The quantitative estimate of drug-likeness (QED) is 0.775. The minimum absolute atomic E-state index is 0.00545. The molecule has 1 amide bonds. The van der Waals surface area contributed by atoms with E-state index < -0.39 is 28.3 Å². The molecule has 1 N–H and O–H groups in total. The van der Waals surface area contributed by atoms with Gasteiger partial charge in [0.1, 0.15) is 0 Å². The van der Waals surface area contributed by atoms with Crippen molar-refractivity contribution in [3.05, 3.63) is 18.2 Å². The van der Waals surface area contributed by atoms with Crippen molar-refractivity contribution in [3.8, 4) is 11.5 Å². The molecule has 130 valence electrons. The van der Waals surface area contributed by atoms with Crippen LogP contribution in [0, 0.1) is 5.92 Å². The Kier molecular flexibility index (Phi) is 4.61. The first-order valence-electron chi connectivity index (χ1n) is 7.47. The Bertz CT molecular complexity index is 759. The van der Waals surface area contributed by atoms with Crippen molar-refractivity contribution in [3.63, 3.8) is 0 Å². The van der Waals surface area contributed by atoms with Gasteiger partial charge in [-0.25, -0.2) is 8.42 Å². The van der Waals surface area contributed by atoms with Crippen LogP contribution in [-0.2, 0) is 24.2 Å². The van der Waals surface area contributed by atoms with Gasteiger partial charge in [0.05, 0.1) is 11.5 Å². The highest BCUT2D eigenvalue weighted by atomic mass is 32.2. The average Bonchev–Trinajstić information content (AvgIpc) is 3.11. The standard InChI is InChI=1S/C15H17NO7S/c17-14(16-11-1-2-12-13(6-11)23-9-22-12)7-21-15(18)5-10-3-4-24(19,20)8-10/h1-2,6,10H,3-5,7-9H2,(H,16,17)/t10-/m0/s1. The van der Waals surface area contributed by atoms with Crippen LogP contribution in [0.2, 0.25) is 0 Å². The third-order valence-corrected chi connectivity index (χ3v) is 5.64. The number of fused-ring (bicyclic) bond motifs is 1. The first-order valence-corrected chi connectivity index (χ1v) is 9.29. The summed E-state index contributed by atoms with van der Waals surface area (Å²) in [5, 5.41) is 2.59. The maximum Gasteiger partial charge on any atom is 0.306 e. The van der Waals surface area contributed by atoms with Crippen LogP contribution in [0.1, 0.15) is 12.8 Å². The summed E-state index contributed by atoms with van der Waals surface area (Å²) in [4.78, 5) is 23.5. The summed E-state index contributed by atoms with van der Waals surface area (Å²) in [6, 6.07) is 4.94. The topological polar surface area (TPSA) is 108 Å². The fraction of sp³-hybridized carbons (Fsp3) is 0.467. The van der Waals surface area contributed by atoms with Crippen LogP contribution < -0.4 is 14.8 Å². The van der Waals surface area contributed by atoms with Crippen LogP contribution in [0.5, 0.6) is 11.5 Å². The number of benzene rings is 1. The number of esters is 1. The molecule has 0 spiro atoms. The molecule has 1 fully saturated rings. The number of rotatable bonds is 5. The van der Waals surface area contributed by atoms with Gasteiger partial charge < -0.3 is 19.5 Å². The second-order valence-corrected chi connectivity index (χ2v) is 7.98. The largest absolute Gasteiger partial charge is 0.456 e. The summed E-state index contributed by atoms with van der Waals surface area (Å²) in [5.74, 6) is -0.0297. The molecule has 1 atom stereocenters. The van der Waals surface area contributed by atoms with Crippen molar-refractivity contribution in [2.24, 2.45) is 5.92 Å². The molecule has 0 bridgehead atoms. The second kappa shape index (κ2) is 6.68. The summed E-state index contributed by atoms with van der Waals surface area (Å²) in [6.07, 6.45) is 0.470. The van der Waals surface area contributed by atoms with Gasteiger partial charge in [-0.1, -0.05) is 0 Å². The molecule has 0 aromatic heterocycles. The Labute approximate surface area is 139 Å². The maximum absolute atomic E-state index is 11.8. The first kappa shape index (κ1) is 16.6. The van der Waals surface area contributed by atoms with Gasteiger partial charge in [0.15, 0.2) is 27.9 Å². The average molecular weight is 355 g/mol. The lowest BCUT2D eigenvalue weighted by atomic mass is 10.1. The highest BCUT2D eigenvalue weighted by Gasteiger charge is 2.30. The summed E-state index contributed by atoms with van der Waals surface area (Å²) in [6.45, 7) is -0.284. The number of ether oxygens (including phenoxy) is 3. The lowest BCUT2D eigenvalue weighted by Crippen LogP contribution is -2.22. The van der Waals surface area contributed by atoms with E-state index in [-0.39, 0.29) is 30.6 Å². The van der Waals surface area contributed by atoms with Crippen molar-refractivity contribution in [2.45, 2.75) is 12.8 Å². The summed E-state index contributed by atoms with van der Waals surface area (Å²) in [5.41, 5.74) is 0.502. The summed E-state index contributed by atoms with van der Waals surface area (Å²) < 4.78 is 37.9. The third-order valence-electron chi connectivity index (χ3n) is 3.80. The molecule has 0 radical (unpaired) electrons. The van der Waals surface area contributed by atoms with Gasteiger partial charge in [0, 0.05) is 18.2 Å². The zero-order chi connectivity index (χ0) is 17.2. The van der Waals surface area contributed by atoms with E-state index in [0.717, 1.165) is 0 Å². The summed E-state index contributed by atoms with van der Waals surface area (Å²) in [7, 11) is -3.03. The second-order valence-electron chi connectivity index (χ2n) is 5.75. The van der Waals surface area contributed by atoms with Crippen LogP contribution in [0.3, 0.4) is 0 Å². The zero-order valence-electron chi connectivity index (χ0n) is 12.8. The van der Waals surface area contributed by atoms with E-state index in [1.807, 2.05) is 0 Å². The van der Waals surface area contributed by atoms with E-state index in [1.54, 1.807) is 18.2 Å². The third kappa shape index (κ3) is 4.16. The molecule has 2 heterocycles. The van der Waals surface area contributed by atoms with Gasteiger partial charge in [0.25, 0.3) is 5.91 Å². The lowest BCUT2D eigenvalue weighted by molar-refractivity contribution is -0.148. The number of sulfone groups is 1. The van der Waals surface area contributed by atoms with Crippen molar-refractivity contribution in [1.82, 2.24) is 0 Å². The summed E-state index contributed by atoms with van der Waals surface area (Å²) >= 11 is 0. The molecule has 2 aliphatic heterocycles. The fourth-order valence-electron chi connectivity index (χ4n) is 2.65. The molecule has 1 aromatic carbocycles. The Balaban J connectivity index is 1.43. The minimum Gasteiger partial charge on any atom is -0.456 e. The Morgan fingerprint density at radius 1 is 1.25 bits per heavy atom. The molecule has 1 saturated heterocycles. The number of anilines is 1. The molecular weight excluding hydrogens is 338 g/mol. The Hall–Kier alpha value is -2.29. The van der Waals surface area contributed by atoms with Crippen LogP contribution >= 0.6 is 0 Å². The van der Waals surface area contributed by atoms with Gasteiger partial charge in [-0.3, -0.25) is 9.59 Å². The number of carbonyl (C=O) groups excluding carboxylic acids is 2. The van der Waals surface area contributed by atoms with E-state index in [2.05, 4.69) is 5.32 Å². The number of hydrogen-bond acceptors (Lipinski definition) is 7. The van der Waals surface area contributed by atoms with E-state index in [9.17, 15) is 18.0 Å². The van der Waals surface area contributed by atoms with Gasteiger partial charge >= 0.3 is 5.97 Å². The highest BCUT2D eigenvalue weighted by molar-refractivity contribution is 7.91. The fourth-order valence-corrected chi connectivity index (χ4v) is 4.51. The van der Waals surface area contributed by atoms with E-state index in [1.165, 1.54) is 0 Å².